The van der Waals surface area contributed by atoms with Crippen molar-refractivity contribution in [2.45, 2.75) is 39.2 Å². The maximum absolute atomic E-state index is 12.4. The minimum Gasteiger partial charge on any atom is -0.332 e. The molecule has 2 amide bonds. The Morgan fingerprint density at radius 3 is 2.83 bits per heavy atom. The summed E-state index contributed by atoms with van der Waals surface area (Å²) in [5, 5.41) is 3.01. The van der Waals surface area contributed by atoms with Crippen molar-refractivity contribution in [2.24, 2.45) is 11.8 Å². The zero-order valence-corrected chi connectivity index (χ0v) is 14.8. The summed E-state index contributed by atoms with van der Waals surface area (Å²) in [4.78, 5) is 21.3. The summed E-state index contributed by atoms with van der Waals surface area (Å²) in [6.07, 6.45) is 6.77. The van der Waals surface area contributed by atoms with Crippen LogP contribution in [-0.4, -0.2) is 53.5 Å². The average molecular weight is 330 g/mol. The van der Waals surface area contributed by atoms with Gasteiger partial charge in [0.15, 0.2) is 0 Å². The molecule has 1 atom stereocenters. The molecular formula is C19H30N4O. The maximum atomic E-state index is 12.4. The molecule has 1 unspecified atom stereocenters. The van der Waals surface area contributed by atoms with Crippen LogP contribution in [0.4, 0.5) is 4.79 Å². The summed E-state index contributed by atoms with van der Waals surface area (Å²) in [7, 11) is 0. The van der Waals surface area contributed by atoms with Gasteiger partial charge in [0.25, 0.3) is 0 Å². The van der Waals surface area contributed by atoms with Crippen molar-refractivity contribution < 1.29 is 4.79 Å². The van der Waals surface area contributed by atoms with Crippen LogP contribution >= 0.6 is 0 Å². The number of nitrogens with one attached hydrogen (secondary N) is 1. The van der Waals surface area contributed by atoms with Crippen LogP contribution in [0.3, 0.4) is 0 Å². The fraction of sp³-hybridized carbons (Fsp3) is 0.684. The number of aromatic nitrogens is 1. The molecular weight excluding hydrogens is 300 g/mol. The SMILES string of the molecule is CC1CCN(CC2CCCN(C(=O)NCc3ccccn3)C2)CC1. The van der Waals surface area contributed by atoms with E-state index in [4.69, 9.17) is 0 Å². The van der Waals surface area contributed by atoms with Crippen LogP contribution in [0.25, 0.3) is 0 Å². The summed E-state index contributed by atoms with van der Waals surface area (Å²) in [6.45, 7) is 8.22. The van der Waals surface area contributed by atoms with Gasteiger partial charge in [0.05, 0.1) is 12.2 Å². The summed E-state index contributed by atoms with van der Waals surface area (Å²) >= 11 is 0. The molecule has 2 saturated heterocycles. The molecule has 0 spiro atoms. The van der Waals surface area contributed by atoms with Crippen LogP contribution in [-0.2, 0) is 6.54 Å². The van der Waals surface area contributed by atoms with E-state index in [1.807, 2.05) is 23.1 Å². The van der Waals surface area contributed by atoms with E-state index < -0.39 is 0 Å². The highest BCUT2D eigenvalue weighted by molar-refractivity contribution is 5.74. The van der Waals surface area contributed by atoms with E-state index in [9.17, 15) is 4.79 Å². The second kappa shape index (κ2) is 8.47. The van der Waals surface area contributed by atoms with Crippen molar-refractivity contribution in [2.75, 3.05) is 32.7 Å². The molecule has 0 aromatic carbocycles. The maximum Gasteiger partial charge on any atom is 0.317 e. The van der Waals surface area contributed by atoms with Crippen LogP contribution in [0.2, 0.25) is 0 Å². The third-order valence-corrected chi connectivity index (χ3v) is 5.35. The van der Waals surface area contributed by atoms with Gasteiger partial charge in [-0.3, -0.25) is 4.98 Å². The summed E-state index contributed by atoms with van der Waals surface area (Å²) in [6, 6.07) is 5.83. The Hall–Kier alpha value is -1.62. The van der Waals surface area contributed by atoms with E-state index in [-0.39, 0.29) is 6.03 Å². The third-order valence-electron chi connectivity index (χ3n) is 5.35. The first-order valence-electron chi connectivity index (χ1n) is 9.36. The van der Waals surface area contributed by atoms with E-state index >= 15 is 0 Å². The normalized spacial score (nSPS) is 23.2. The fourth-order valence-electron chi connectivity index (χ4n) is 3.79. The Labute approximate surface area is 145 Å². The number of amides is 2. The number of carbonyl (C=O) groups is 1. The largest absolute Gasteiger partial charge is 0.332 e. The third kappa shape index (κ3) is 4.94. The number of nitrogens with zero attached hydrogens (tertiary/aromatic N) is 3. The lowest BCUT2D eigenvalue weighted by molar-refractivity contribution is 0.120. The van der Waals surface area contributed by atoms with E-state index in [2.05, 4.69) is 22.1 Å². The standard InChI is InChI=1S/C19H30N4O/c1-16-7-11-22(12-8-16)14-17-5-4-10-23(15-17)19(24)21-13-18-6-2-3-9-20-18/h2-3,6,9,16-17H,4-5,7-8,10-15H2,1H3,(H,21,24). The van der Waals surface area contributed by atoms with Gasteiger partial charge in [0.2, 0.25) is 0 Å². The van der Waals surface area contributed by atoms with Crippen LogP contribution < -0.4 is 5.32 Å². The van der Waals surface area contributed by atoms with Gasteiger partial charge in [0.1, 0.15) is 0 Å². The lowest BCUT2D eigenvalue weighted by Gasteiger charge is -2.37. The first-order valence-corrected chi connectivity index (χ1v) is 9.36. The van der Waals surface area contributed by atoms with Crippen LogP contribution in [0.5, 0.6) is 0 Å². The highest BCUT2D eigenvalue weighted by atomic mass is 16.2. The summed E-state index contributed by atoms with van der Waals surface area (Å²) < 4.78 is 0. The second-order valence-electron chi connectivity index (χ2n) is 7.42. The lowest BCUT2D eigenvalue weighted by Crippen LogP contribution is -2.48. The van der Waals surface area contributed by atoms with Gasteiger partial charge >= 0.3 is 6.03 Å². The van der Waals surface area contributed by atoms with Crippen LogP contribution in [0.15, 0.2) is 24.4 Å². The molecule has 0 aliphatic carbocycles. The molecule has 1 aromatic rings. The van der Waals surface area contributed by atoms with Gasteiger partial charge in [-0.15, -0.1) is 0 Å². The van der Waals surface area contributed by atoms with Crippen LogP contribution in [0.1, 0.15) is 38.3 Å². The minimum atomic E-state index is 0.0534. The van der Waals surface area contributed by atoms with Gasteiger partial charge in [-0.1, -0.05) is 13.0 Å². The number of hydrogen-bond acceptors (Lipinski definition) is 3. The van der Waals surface area contributed by atoms with Crippen molar-refractivity contribution in [3.05, 3.63) is 30.1 Å². The zero-order valence-electron chi connectivity index (χ0n) is 14.8. The highest BCUT2D eigenvalue weighted by Crippen LogP contribution is 2.21. The minimum absolute atomic E-state index is 0.0534. The topological polar surface area (TPSA) is 48.5 Å². The van der Waals surface area contributed by atoms with Gasteiger partial charge in [0, 0.05) is 25.8 Å². The van der Waals surface area contributed by atoms with Crippen molar-refractivity contribution >= 4 is 6.03 Å². The number of hydrogen-bond donors (Lipinski definition) is 1. The number of urea groups is 1. The van der Waals surface area contributed by atoms with E-state index in [1.54, 1.807) is 6.20 Å². The molecule has 5 heteroatoms. The van der Waals surface area contributed by atoms with E-state index in [0.29, 0.717) is 12.5 Å². The average Bonchev–Trinajstić information content (AvgIpc) is 2.63. The number of likely N-dealkylation sites (tertiary alicyclic amines) is 2. The lowest BCUT2D eigenvalue weighted by atomic mass is 9.94. The predicted molar refractivity (Wildman–Crippen MR) is 95.6 cm³/mol. The van der Waals surface area contributed by atoms with Gasteiger partial charge in [-0.05, 0) is 62.7 Å². The Morgan fingerprint density at radius 1 is 1.25 bits per heavy atom. The van der Waals surface area contributed by atoms with E-state index in [0.717, 1.165) is 37.7 Å². The molecule has 2 aliphatic heterocycles. The molecule has 2 aliphatic rings. The molecule has 132 valence electrons. The number of rotatable bonds is 4. The van der Waals surface area contributed by atoms with Gasteiger partial charge < -0.3 is 15.1 Å². The van der Waals surface area contributed by atoms with Crippen molar-refractivity contribution in [3.8, 4) is 0 Å². The van der Waals surface area contributed by atoms with Gasteiger partial charge in [-0.2, -0.15) is 0 Å². The highest BCUT2D eigenvalue weighted by Gasteiger charge is 2.26. The number of piperidine rings is 2. The first-order chi connectivity index (χ1) is 11.7. The quantitative estimate of drug-likeness (QED) is 0.923. The fourth-order valence-corrected chi connectivity index (χ4v) is 3.79. The van der Waals surface area contributed by atoms with Crippen LogP contribution in [0, 0.1) is 11.8 Å². The molecule has 0 radical (unpaired) electrons. The summed E-state index contributed by atoms with van der Waals surface area (Å²) in [5.41, 5.74) is 0.904. The molecule has 3 rings (SSSR count). The van der Waals surface area contributed by atoms with E-state index in [1.165, 1.54) is 32.4 Å². The first kappa shape index (κ1) is 17.2. The predicted octanol–water partition coefficient (Wildman–Crippen LogP) is 2.74. The molecule has 5 nitrogen and oxygen atoms in total. The molecule has 1 aromatic heterocycles. The number of carbonyl (C=O) groups excluding carboxylic acids is 1. The Morgan fingerprint density at radius 2 is 2.08 bits per heavy atom. The Kier molecular flexibility index (Phi) is 6.07. The molecule has 1 N–H and O–H groups in total. The second-order valence-corrected chi connectivity index (χ2v) is 7.42. The molecule has 0 saturated carbocycles. The Bertz CT molecular complexity index is 513. The van der Waals surface area contributed by atoms with Gasteiger partial charge in [-0.25, -0.2) is 4.79 Å². The van der Waals surface area contributed by atoms with Crippen molar-refractivity contribution in [1.82, 2.24) is 20.1 Å². The summed E-state index contributed by atoms with van der Waals surface area (Å²) in [5.74, 6) is 1.49. The Balaban J connectivity index is 1.43. The molecule has 24 heavy (non-hydrogen) atoms. The number of pyridine rings is 1. The molecule has 2 fully saturated rings. The smallest absolute Gasteiger partial charge is 0.317 e. The molecule has 0 bridgehead atoms. The van der Waals surface area contributed by atoms with Crippen molar-refractivity contribution in [1.29, 1.82) is 0 Å². The molecule has 3 heterocycles. The van der Waals surface area contributed by atoms with Crippen molar-refractivity contribution in [3.63, 3.8) is 0 Å². The zero-order chi connectivity index (χ0) is 16.8. The monoisotopic (exact) mass is 330 g/mol.